The Morgan fingerprint density at radius 2 is 2.15 bits per heavy atom. The third kappa shape index (κ3) is 2.67. The number of rotatable bonds is 4. The van der Waals surface area contributed by atoms with E-state index < -0.39 is 0 Å². The molecule has 1 aliphatic heterocycles. The van der Waals surface area contributed by atoms with E-state index in [-0.39, 0.29) is 17.4 Å². The van der Waals surface area contributed by atoms with Crippen molar-refractivity contribution in [3.8, 4) is 5.75 Å². The second-order valence-corrected chi connectivity index (χ2v) is 6.55. The van der Waals surface area contributed by atoms with E-state index in [0.717, 1.165) is 17.7 Å². The molecule has 2 unspecified atom stereocenters. The minimum absolute atomic E-state index is 0.140. The van der Waals surface area contributed by atoms with Gasteiger partial charge in [-0.2, -0.15) is 0 Å². The molecule has 2 atom stereocenters. The highest BCUT2D eigenvalue weighted by Crippen LogP contribution is 2.42. The van der Waals surface area contributed by atoms with Crippen LogP contribution in [0.1, 0.15) is 44.7 Å². The molecule has 0 aliphatic carbocycles. The van der Waals surface area contributed by atoms with Crippen molar-refractivity contribution < 1.29 is 9.53 Å². The molecule has 1 amide bonds. The van der Waals surface area contributed by atoms with Crippen LogP contribution >= 0.6 is 0 Å². The van der Waals surface area contributed by atoms with Gasteiger partial charge in [0.15, 0.2) is 0 Å². The van der Waals surface area contributed by atoms with Crippen molar-refractivity contribution in [3.63, 3.8) is 0 Å². The maximum absolute atomic E-state index is 12.0. The highest BCUT2D eigenvalue weighted by atomic mass is 16.5. The number of methoxy groups -OCH3 is 1. The molecule has 1 saturated heterocycles. The highest BCUT2D eigenvalue weighted by molar-refractivity contribution is 5.81. The molecule has 3 heteroatoms. The fourth-order valence-electron chi connectivity index (χ4n) is 3.20. The first-order valence-corrected chi connectivity index (χ1v) is 7.31. The Bertz CT molecular complexity index is 510. The molecular formula is C17H25NO2. The van der Waals surface area contributed by atoms with Crippen LogP contribution in [-0.2, 0) is 10.2 Å². The Hall–Kier alpha value is -1.51. The van der Waals surface area contributed by atoms with Crippen LogP contribution in [-0.4, -0.2) is 19.1 Å². The lowest BCUT2D eigenvalue weighted by Crippen LogP contribution is -2.39. The topological polar surface area (TPSA) is 38.3 Å². The monoisotopic (exact) mass is 275 g/mol. The van der Waals surface area contributed by atoms with Gasteiger partial charge in [0.05, 0.1) is 7.11 Å². The van der Waals surface area contributed by atoms with Crippen molar-refractivity contribution in [2.75, 3.05) is 7.11 Å². The Kier molecular flexibility index (Phi) is 4.07. The molecule has 0 saturated carbocycles. The van der Waals surface area contributed by atoms with E-state index >= 15 is 0 Å². The predicted molar refractivity (Wildman–Crippen MR) is 81.1 cm³/mol. The van der Waals surface area contributed by atoms with Gasteiger partial charge in [0.1, 0.15) is 5.75 Å². The summed E-state index contributed by atoms with van der Waals surface area (Å²) < 4.78 is 5.53. The van der Waals surface area contributed by atoms with Crippen LogP contribution in [0.4, 0.5) is 0 Å². The van der Waals surface area contributed by atoms with Gasteiger partial charge in [-0.15, -0.1) is 0 Å². The molecule has 0 radical (unpaired) electrons. The SMILES string of the molecule is COc1ccc(C)cc1C1(C)CC(=O)NC1CC(C)C. The fraction of sp³-hybridized carbons (Fsp3) is 0.588. The van der Waals surface area contributed by atoms with Crippen molar-refractivity contribution in [2.24, 2.45) is 5.92 Å². The quantitative estimate of drug-likeness (QED) is 0.916. The lowest BCUT2D eigenvalue weighted by molar-refractivity contribution is -0.119. The molecule has 20 heavy (non-hydrogen) atoms. The first kappa shape index (κ1) is 14.9. The van der Waals surface area contributed by atoms with E-state index in [1.165, 1.54) is 5.56 Å². The van der Waals surface area contributed by atoms with Gasteiger partial charge in [-0.3, -0.25) is 4.79 Å². The van der Waals surface area contributed by atoms with Crippen molar-refractivity contribution in [3.05, 3.63) is 29.3 Å². The molecule has 110 valence electrons. The van der Waals surface area contributed by atoms with E-state index in [4.69, 9.17) is 4.74 Å². The predicted octanol–water partition coefficient (Wildman–Crippen LogP) is 3.20. The van der Waals surface area contributed by atoms with Gasteiger partial charge in [0.2, 0.25) is 5.91 Å². The minimum atomic E-state index is -0.196. The zero-order valence-electron chi connectivity index (χ0n) is 13.1. The molecule has 1 aromatic carbocycles. The summed E-state index contributed by atoms with van der Waals surface area (Å²) in [6.45, 7) is 8.64. The standard InChI is InChI=1S/C17H25NO2/c1-11(2)8-15-17(4,10-16(19)18-15)13-9-12(3)6-7-14(13)20-5/h6-7,9,11,15H,8,10H2,1-5H3,(H,18,19). The second kappa shape index (κ2) is 5.47. The smallest absolute Gasteiger partial charge is 0.221 e. The molecular weight excluding hydrogens is 250 g/mol. The number of amides is 1. The molecule has 3 nitrogen and oxygen atoms in total. The zero-order chi connectivity index (χ0) is 14.9. The number of hydrogen-bond donors (Lipinski definition) is 1. The maximum Gasteiger partial charge on any atom is 0.221 e. The Labute approximate surface area is 121 Å². The summed E-state index contributed by atoms with van der Waals surface area (Å²) >= 11 is 0. The van der Waals surface area contributed by atoms with Gasteiger partial charge in [-0.25, -0.2) is 0 Å². The summed E-state index contributed by atoms with van der Waals surface area (Å²) in [6.07, 6.45) is 1.52. The van der Waals surface area contributed by atoms with Crippen LogP contribution in [0.3, 0.4) is 0 Å². The summed E-state index contributed by atoms with van der Waals surface area (Å²) in [4.78, 5) is 12.0. The summed E-state index contributed by atoms with van der Waals surface area (Å²) in [5.41, 5.74) is 2.15. The van der Waals surface area contributed by atoms with E-state index in [1.54, 1.807) is 7.11 Å². The summed E-state index contributed by atoms with van der Waals surface area (Å²) in [7, 11) is 1.69. The van der Waals surface area contributed by atoms with Crippen LogP contribution < -0.4 is 10.1 Å². The molecule has 1 heterocycles. The number of ether oxygens (including phenoxy) is 1. The summed E-state index contributed by atoms with van der Waals surface area (Å²) in [5.74, 6) is 1.57. The van der Waals surface area contributed by atoms with Gasteiger partial charge in [-0.05, 0) is 25.3 Å². The number of nitrogens with one attached hydrogen (secondary N) is 1. The summed E-state index contributed by atoms with van der Waals surface area (Å²) in [5, 5.41) is 3.15. The van der Waals surface area contributed by atoms with Crippen LogP contribution in [0.25, 0.3) is 0 Å². The molecule has 0 bridgehead atoms. The first-order chi connectivity index (χ1) is 9.36. The fourth-order valence-corrected chi connectivity index (χ4v) is 3.20. The van der Waals surface area contributed by atoms with Crippen LogP contribution in [0.2, 0.25) is 0 Å². The summed E-state index contributed by atoms with van der Waals surface area (Å²) in [6, 6.07) is 6.39. The van der Waals surface area contributed by atoms with Gasteiger partial charge in [-0.1, -0.05) is 38.5 Å². The number of hydrogen-bond acceptors (Lipinski definition) is 2. The van der Waals surface area contributed by atoms with Crippen LogP contribution in [0.5, 0.6) is 5.75 Å². The van der Waals surface area contributed by atoms with Crippen molar-refractivity contribution in [2.45, 2.75) is 52.0 Å². The van der Waals surface area contributed by atoms with E-state index in [2.05, 4.69) is 39.1 Å². The number of aryl methyl sites for hydroxylation is 1. The van der Waals surface area contributed by atoms with Gasteiger partial charge in [0, 0.05) is 23.4 Å². The lowest BCUT2D eigenvalue weighted by Gasteiger charge is -2.33. The van der Waals surface area contributed by atoms with Gasteiger partial charge < -0.3 is 10.1 Å². The molecule has 1 aromatic rings. The van der Waals surface area contributed by atoms with Crippen LogP contribution in [0, 0.1) is 12.8 Å². The van der Waals surface area contributed by atoms with Crippen molar-refractivity contribution in [1.29, 1.82) is 0 Å². The molecule has 2 rings (SSSR count). The third-order valence-electron chi connectivity index (χ3n) is 4.31. The van der Waals surface area contributed by atoms with Crippen LogP contribution in [0.15, 0.2) is 18.2 Å². The largest absolute Gasteiger partial charge is 0.496 e. The first-order valence-electron chi connectivity index (χ1n) is 7.31. The van der Waals surface area contributed by atoms with E-state index in [0.29, 0.717) is 12.3 Å². The normalized spacial score (nSPS) is 25.9. The second-order valence-electron chi connectivity index (χ2n) is 6.55. The third-order valence-corrected chi connectivity index (χ3v) is 4.31. The van der Waals surface area contributed by atoms with E-state index in [9.17, 15) is 4.79 Å². The highest BCUT2D eigenvalue weighted by Gasteiger charge is 2.45. The maximum atomic E-state index is 12.0. The molecule has 0 spiro atoms. The number of carbonyl (C=O) groups excluding carboxylic acids is 1. The Morgan fingerprint density at radius 3 is 2.75 bits per heavy atom. The molecule has 1 aliphatic rings. The van der Waals surface area contributed by atoms with Gasteiger partial charge in [0.25, 0.3) is 0 Å². The number of carbonyl (C=O) groups is 1. The van der Waals surface area contributed by atoms with Crippen molar-refractivity contribution in [1.82, 2.24) is 5.32 Å². The average Bonchev–Trinajstić information content (AvgIpc) is 2.64. The molecule has 1 N–H and O–H groups in total. The minimum Gasteiger partial charge on any atom is -0.496 e. The Morgan fingerprint density at radius 1 is 1.45 bits per heavy atom. The lowest BCUT2D eigenvalue weighted by atomic mass is 9.73. The van der Waals surface area contributed by atoms with Crippen molar-refractivity contribution >= 4 is 5.91 Å². The molecule has 1 fully saturated rings. The van der Waals surface area contributed by atoms with Gasteiger partial charge >= 0.3 is 0 Å². The average molecular weight is 275 g/mol. The van der Waals surface area contributed by atoms with E-state index in [1.807, 2.05) is 12.1 Å². The zero-order valence-corrected chi connectivity index (χ0v) is 13.1. The Balaban J connectivity index is 2.46. The molecule has 0 aromatic heterocycles. The number of benzene rings is 1.